The second kappa shape index (κ2) is 8.37. The normalized spacial score (nSPS) is 16.0. The second-order valence-electron chi connectivity index (χ2n) is 6.48. The molecule has 7 nitrogen and oxygen atoms in total. The van der Waals surface area contributed by atoms with E-state index in [0.717, 1.165) is 31.9 Å². The van der Waals surface area contributed by atoms with Crippen molar-refractivity contribution in [3.05, 3.63) is 63.7 Å². The molecular formula is C19H21ClN4O3. The lowest BCUT2D eigenvalue weighted by Crippen LogP contribution is -2.52. The molecular weight excluding hydrogens is 368 g/mol. The van der Waals surface area contributed by atoms with Gasteiger partial charge >= 0.3 is 0 Å². The highest BCUT2D eigenvalue weighted by Crippen LogP contribution is 2.22. The van der Waals surface area contributed by atoms with Gasteiger partial charge in [-0.3, -0.25) is 19.8 Å². The third-order valence-corrected chi connectivity index (χ3v) is 4.97. The fourth-order valence-corrected chi connectivity index (χ4v) is 3.33. The summed E-state index contributed by atoms with van der Waals surface area (Å²) in [4.78, 5) is 27.3. The Morgan fingerprint density at radius 3 is 2.52 bits per heavy atom. The Labute approximate surface area is 162 Å². The molecule has 3 rings (SSSR count). The van der Waals surface area contributed by atoms with Crippen LogP contribution in [-0.4, -0.2) is 48.0 Å². The van der Waals surface area contributed by atoms with Crippen molar-refractivity contribution in [2.75, 3.05) is 36.4 Å². The summed E-state index contributed by atoms with van der Waals surface area (Å²) in [6.45, 7) is 4.94. The van der Waals surface area contributed by atoms with Crippen molar-refractivity contribution in [3.8, 4) is 0 Å². The molecule has 2 aromatic carbocycles. The molecule has 0 saturated carbocycles. The molecule has 1 saturated heterocycles. The zero-order valence-corrected chi connectivity index (χ0v) is 15.7. The molecule has 1 aliphatic rings. The van der Waals surface area contributed by atoms with Crippen LogP contribution in [-0.2, 0) is 4.79 Å². The molecule has 1 unspecified atom stereocenters. The van der Waals surface area contributed by atoms with E-state index in [1.807, 2.05) is 31.2 Å². The predicted molar refractivity (Wildman–Crippen MR) is 106 cm³/mol. The van der Waals surface area contributed by atoms with Crippen molar-refractivity contribution in [1.82, 2.24) is 4.90 Å². The van der Waals surface area contributed by atoms with Crippen LogP contribution in [0.1, 0.15) is 6.92 Å². The van der Waals surface area contributed by atoms with Gasteiger partial charge in [-0.15, -0.1) is 0 Å². The first-order chi connectivity index (χ1) is 12.9. The maximum Gasteiger partial charge on any atom is 0.271 e. The lowest BCUT2D eigenvalue weighted by atomic mass is 10.2. The number of benzene rings is 2. The topological polar surface area (TPSA) is 78.7 Å². The number of rotatable bonds is 5. The predicted octanol–water partition coefficient (Wildman–Crippen LogP) is 3.40. The number of nitrogens with one attached hydrogen (secondary N) is 1. The van der Waals surface area contributed by atoms with E-state index in [0.29, 0.717) is 10.7 Å². The van der Waals surface area contributed by atoms with Crippen LogP contribution in [0.4, 0.5) is 17.1 Å². The van der Waals surface area contributed by atoms with Gasteiger partial charge in [0.25, 0.3) is 5.69 Å². The molecule has 1 aliphatic heterocycles. The fourth-order valence-electron chi connectivity index (χ4n) is 3.15. The van der Waals surface area contributed by atoms with Gasteiger partial charge in [-0.05, 0) is 31.2 Å². The van der Waals surface area contributed by atoms with Crippen LogP contribution in [0.3, 0.4) is 0 Å². The molecule has 0 aromatic heterocycles. The molecule has 2 aromatic rings. The number of hydrogen-bond acceptors (Lipinski definition) is 5. The second-order valence-corrected chi connectivity index (χ2v) is 6.91. The SMILES string of the molecule is CC(C(=O)Nc1cccc([N+](=O)[O-])c1)N1CCN(c2cccc(Cl)c2)CC1. The summed E-state index contributed by atoms with van der Waals surface area (Å²) in [5.41, 5.74) is 1.46. The summed E-state index contributed by atoms with van der Waals surface area (Å²) in [7, 11) is 0. The first-order valence-corrected chi connectivity index (χ1v) is 9.12. The zero-order chi connectivity index (χ0) is 19.4. The number of hydrogen-bond donors (Lipinski definition) is 1. The van der Waals surface area contributed by atoms with E-state index in [4.69, 9.17) is 11.6 Å². The Balaban J connectivity index is 1.57. The van der Waals surface area contributed by atoms with Crippen LogP contribution in [0, 0.1) is 10.1 Å². The monoisotopic (exact) mass is 388 g/mol. The molecule has 0 radical (unpaired) electrons. The van der Waals surface area contributed by atoms with Gasteiger partial charge in [0, 0.05) is 54.7 Å². The Hall–Kier alpha value is -2.64. The number of nitro benzene ring substituents is 1. The average molecular weight is 389 g/mol. The molecule has 1 fully saturated rings. The fraction of sp³-hybridized carbons (Fsp3) is 0.316. The molecule has 1 heterocycles. The van der Waals surface area contributed by atoms with E-state index in [9.17, 15) is 14.9 Å². The number of nitro groups is 1. The van der Waals surface area contributed by atoms with Gasteiger partial charge in [-0.1, -0.05) is 23.7 Å². The van der Waals surface area contributed by atoms with Crippen LogP contribution >= 0.6 is 11.6 Å². The smallest absolute Gasteiger partial charge is 0.271 e. The minimum atomic E-state index is -0.478. The molecule has 8 heteroatoms. The molecule has 0 aliphatic carbocycles. The van der Waals surface area contributed by atoms with E-state index < -0.39 is 4.92 Å². The van der Waals surface area contributed by atoms with Gasteiger partial charge in [0.1, 0.15) is 0 Å². The molecule has 142 valence electrons. The Bertz CT molecular complexity index is 837. The number of halogens is 1. The Morgan fingerprint density at radius 1 is 1.15 bits per heavy atom. The number of piperazine rings is 1. The van der Waals surface area contributed by atoms with E-state index in [1.54, 1.807) is 12.1 Å². The molecule has 1 amide bonds. The van der Waals surface area contributed by atoms with Crippen LogP contribution in [0.2, 0.25) is 5.02 Å². The van der Waals surface area contributed by atoms with Crippen molar-refractivity contribution in [2.45, 2.75) is 13.0 Å². The van der Waals surface area contributed by atoms with Gasteiger partial charge < -0.3 is 10.2 Å². The first kappa shape index (κ1) is 19.1. The maximum atomic E-state index is 12.5. The largest absolute Gasteiger partial charge is 0.369 e. The summed E-state index contributed by atoms with van der Waals surface area (Å²) >= 11 is 6.06. The number of carbonyl (C=O) groups excluding carboxylic acids is 1. The first-order valence-electron chi connectivity index (χ1n) is 8.74. The lowest BCUT2D eigenvalue weighted by molar-refractivity contribution is -0.384. The van der Waals surface area contributed by atoms with Crippen LogP contribution in [0.5, 0.6) is 0 Å². The van der Waals surface area contributed by atoms with E-state index in [2.05, 4.69) is 15.1 Å². The van der Waals surface area contributed by atoms with Gasteiger partial charge in [0.05, 0.1) is 11.0 Å². The van der Waals surface area contributed by atoms with Crippen LogP contribution in [0.15, 0.2) is 48.5 Å². The molecule has 1 atom stereocenters. The number of carbonyl (C=O) groups is 1. The highest BCUT2D eigenvalue weighted by Gasteiger charge is 2.26. The number of amides is 1. The van der Waals surface area contributed by atoms with Gasteiger partial charge in [-0.2, -0.15) is 0 Å². The number of anilines is 2. The standard InChI is InChI=1S/C19H21ClN4O3/c1-14(19(25)21-16-5-3-7-18(13-16)24(26)27)22-8-10-23(11-9-22)17-6-2-4-15(20)12-17/h2-7,12-14H,8-11H2,1H3,(H,21,25). The van der Waals surface area contributed by atoms with Gasteiger partial charge in [0.2, 0.25) is 5.91 Å². The lowest BCUT2D eigenvalue weighted by Gasteiger charge is -2.38. The summed E-state index contributed by atoms with van der Waals surface area (Å²) in [5, 5.41) is 14.3. The van der Waals surface area contributed by atoms with Gasteiger partial charge in [0.15, 0.2) is 0 Å². The molecule has 27 heavy (non-hydrogen) atoms. The minimum absolute atomic E-state index is 0.0458. The summed E-state index contributed by atoms with van der Waals surface area (Å²) < 4.78 is 0. The minimum Gasteiger partial charge on any atom is -0.369 e. The van der Waals surface area contributed by atoms with E-state index >= 15 is 0 Å². The zero-order valence-electron chi connectivity index (χ0n) is 15.0. The van der Waals surface area contributed by atoms with Crippen molar-refractivity contribution in [2.24, 2.45) is 0 Å². The quantitative estimate of drug-likeness (QED) is 0.627. The third kappa shape index (κ3) is 4.75. The average Bonchev–Trinajstić information content (AvgIpc) is 2.67. The van der Waals surface area contributed by atoms with Gasteiger partial charge in [-0.25, -0.2) is 0 Å². The summed E-state index contributed by atoms with van der Waals surface area (Å²) in [6.07, 6.45) is 0. The summed E-state index contributed by atoms with van der Waals surface area (Å²) in [5.74, 6) is -0.174. The van der Waals surface area contributed by atoms with Crippen LogP contribution in [0.25, 0.3) is 0 Å². The maximum absolute atomic E-state index is 12.5. The molecule has 1 N–H and O–H groups in total. The van der Waals surface area contributed by atoms with Crippen LogP contribution < -0.4 is 10.2 Å². The van der Waals surface area contributed by atoms with E-state index in [-0.39, 0.29) is 17.6 Å². The van der Waals surface area contributed by atoms with E-state index in [1.165, 1.54) is 12.1 Å². The highest BCUT2D eigenvalue weighted by atomic mass is 35.5. The highest BCUT2D eigenvalue weighted by molar-refractivity contribution is 6.30. The van der Waals surface area contributed by atoms with Crippen molar-refractivity contribution < 1.29 is 9.72 Å². The van der Waals surface area contributed by atoms with Crippen molar-refractivity contribution in [3.63, 3.8) is 0 Å². The Kier molecular flexibility index (Phi) is 5.93. The Morgan fingerprint density at radius 2 is 1.85 bits per heavy atom. The number of nitrogens with zero attached hydrogens (tertiary/aromatic N) is 3. The van der Waals surface area contributed by atoms with Crippen molar-refractivity contribution in [1.29, 1.82) is 0 Å². The number of non-ortho nitro benzene ring substituents is 1. The molecule has 0 spiro atoms. The third-order valence-electron chi connectivity index (χ3n) is 4.74. The summed E-state index contributed by atoms with van der Waals surface area (Å²) in [6, 6.07) is 13.4. The molecule has 0 bridgehead atoms. The van der Waals surface area contributed by atoms with Crippen molar-refractivity contribution >= 4 is 34.6 Å².